The molecule has 5 heteroatoms. The van der Waals surface area contributed by atoms with Gasteiger partial charge in [0.05, 0.1) is 6.61 Å². The van der Waals surface area contributed by atoms with Crippen LogP contribution in [0.1, 0.15) is 96.8 Å². The molecule has 0 unspecified atom stereocenters. The molecule has 0 fully saturated rings. The third kappa shape index (κ3) is 27.6. The monoisotopic (exact) mass is 372 g/mol. The van der Waals surface area contributed by atoms with E-state index in [0.717, 1.165) is 12.8 Å². The Morgan fingerprint density at radius 3 is 1.69 bits per heavy atom. The second-order valence-electron chi connectivity index (χ2n) is 6.61. The van der Waals surface area contributed by atoms with Gasteiger partial charge in [-0.25, -0.2) is 0 Å². The summed E-state index contributed by atoms with van der Waals surface area (Å²) in [6.07, 6.45) is 20.3. The fourth-order valence-electron chi connectivity index (χ4n) is 2.39. The quantitative estimate of drug-likeness (QED) is 0.196. The highest BCUT2D eigenvalue weighted by atomic mass is 16.4. The van der Waals surface area contributed by atoms with Crippen molar-refractivity contribution in [3.63, 3.8) is 0 Å². The second-order valence-corrected chi connectivity index (χ2v) is 6.61. The molecule has 3 N–H and O–H groups in total. The van der Waals surface area contributed by atoms with Crippen LogP contribution in [0.15, 0.2) is 12.2 Å². The minimum Gasteiger partial charge on any atom is -0.481 e. The average molecular weight is 373 g/mol. The van der Waals surface area contributed by atoms with Gasteiger partial charge < -0.3 is 20.1 Å². The molecule has 5 nitrogen and oxygen atoms in total. The van der Waals surface area contributed by atoms with Crippen molar-refractivity contribution < 1.29 is 24.9 Å². The zero-order valence-corrected chi connectivity index (χ0v) is 16.6. The van der Waals surface area contributed by atoms with Gasteiger partial charge in [0, 0.05) is 6.42 Å². The van der Waals surface area contributed by atoms with Gasteiger partial charge >= 0.3 is 5.97 Å². The fraction of sp³-hybridized carbons (Fsp3) is 0.810. The highest BCUT2D eigenvalue weighted by Crippen LogP contribution is 2.09. The molecule has 0 amide bonds. The van der Waals surface area contributed by atoms with Gasteiger partial charge in [-0.05, 0) is 32.1 Å². The molecular formula is C21H40O5. The lowest BCUT2D eigenvalue weighted by molar-refractivity contribution is -0.137. The fourth-order valence-corrected chi connectivity index (χ4v) is 2.39. The molecule has 0 saturated carbocycles. The van der Waals surface area contributed by atoms with Gasteiger partial charge in [0.25, 0.3) is 0 Å². The minimum absolute atomic E-state index is 0.278. The number of unbranched alkanes of at least 4 members (excludes halogenated alkanes) is 11. The van der Waals surface area contributed by atoms with Crippen molar-refractivity contribution in [2.45, 2.75) is 103 Å². The lowest BCUT2D eigenvalue weighted by Gasteiger charge is -1.99. The Bertz CT molecular complexity index is 328. The lowest BCUT2D eigenvalue weighted by atomic mass is 10.1. The van der Waals surface area contributed by atoms with Crippen LogP contribution in [0.4, 0.5) is 0 Å². The summed E-state index contributed by atoms with van der Waals surface area (Å²) in [5.74, 6) is -0.664. The van der Waals surface area contributed by atoms with Crippen molar-refractivity contribution in [2.75, 3.05) is 6.61 Å². The van der Waals surface area contributed by atoms with Gasteiger partial charge in [-0.15, -0.1) is 0 Å². The number of aliphatic hydroxyl groups excluding tert-OH is 2. The zero-order valence-electron chi connectivity index (χ0n) is 16.6. The molecule has 26 heavy (non-hydrogen) atoms. The summed E-state index contributed by atoms with van der Waals surface area (Å²) in [4.78, 5) is 19.6. The van der Waals surface area contributed by atoms with Crippen molar-refractivity contribution in [1.29, 1.82) is 0 Å². The minimum atomic E-state index is -1.19. The Morgan fingerprint density at radius 1 is 0.846 bits per heavy atom. The molecule has 1 atom stereocenters. The summed E-state index contributed by atoms with van der Waals surface area (Å²) in [5.41, 5.74) is 0. The Labute approximate surface area is 159 Å². The van der Waals surface area contributed by atoms with E-state index in [1.807, 2.05) is 0 Å². The Balaban J connectivity index is 0. The maximum absolute atomic E-state index is 10.3. The molecule has 0 heterocycles. The number of rotatable bonds is 17. The molecule has 0 spiro atoms. The largest absolute Gasteiger partial charge is 0.481 e. The van der Waals surface area contributed by atoms with Crippen molar-refractivity contribution in [3.05, 3.63) is 12.2 Å². The van der Waals surface area contributed by atoms with Gasteiger partial charge in [-0.2, -0.15) is 0 Å². The second kappa shape index (κ2) is 23.8. The summed E-state index contributed by atoms with van der Waals surface area (Å²) in [6, 6.07) is 0. The third-order valence-corrected chi connectivity index (χ3v) is 4.00. The van der Waals surface area contributed by atoms with Gasteiger partial charge in [0.2, 0.25) is 0 Å². The predicted molar refractivity (Wildman–Crippen MR) is 106 cm³/mol. The molecular weight excluding hydrogens is 332 g/mol. The molecule has 0 rings (SSSR count). The number of carboxylic acid groups (broad SMARTS) is 1. The van der Waals surface area contributed by atoms with Crippen LogP contribution in [0.3, 0.4) is 0 Å². The molecule has 0 saturated heterocycles. The molecule has 0 bridgehead atoms. The van der Waals surface area contributed by atoms with Crippen molar-refractivity contribution >= 4 is 12.3 Å². The SMILES string of the molecule is CCCCCCCCC=CCCCCCCCC(=O)O.O=C[C@H](O)CO. The first-order valence-corrected chi connectivity index (χ1v) is 10.2. The number of aldehydes is 1. The average Bonchev–Trinajstić information content (AvgIpc) is 2.64. The van der Waals surface area contributed by atoms with Gasteiger partial charge in [0.1, 0.15) is 6.10 Å². The Hall–Kier alpha value is -1.20. The smallest absolute Gasteiger partial charge is 0.303 e. The summed E-state index contributed by atoms with van der Waals surface area (Å²) < 4.78 is 0. The number of aliphatic carboxylic acids is 1. The van der Waals surface area contributed by atoms with Crippen molar-refractivity contribution in [3.8, 4) is 0 Å². The number of hydrogen-bond acceptors (Lipinski definition) is 4. The van der Waals surface area contributed by atoms with Gasteiger partial charge in [-0.1, -0.05) is 70.4 Å². The molecule has 0 aliphatic heterocycles. The van der Waals surface area contributed by atoms with Gasteiger partial charge in [-0.3, -0.25) is 4.79 Å². The Kier molecular flexibility index (Phi) is 24.7. The first-order valence-electron chi connectivity index (χ1n) is 10.2. The molecule has 0 aliphatic rings. The number of allylic oxidation sites excluding steroid dienone is 2. The van der Waals surface area contributed by atoms with Crippen LogP contribution in [-0.2, 0) is 9.59 Å². The van der Waals surface area contributed by atoms with Crippen molar-refractivity contribution in [1.82, 2.24) is 0 Å². The van der Waals surface area contributed by atoms with Crippen LogP contribution in [0, 0.1) is 0 Å². The molecule has 0 aromatic carbocycles. The molecule has 0 aromatic rings. The Morgan fingerprint density at radius 2 is 1.31 bits per heavy atom. The van der Waals surface area contributed by atoms with Crippen LogP contribution in [0.2, 0.25) is 0 Å². The summed E-state index contributed by atoms with van der Waals surface area (Å²) in [5, 5.41) is 24.4. The standard InChI is InChI=1S/C18H34O2.C3H6O3/c1-2-3-4-5-6-7-8-9-10-11-12-13-14-15-16-17-18(19)20;4-1-3(6)2-5/h9-10H,2-8,11-17H2,1H3,(H,19,20);1,3,5-6H,2H2/t;3-/m.0/s1. The van der Waals surface area contributed by atoms with E-state index in [2.05, 4.69) is 19.1 Å². The number of aliphatic hydroxyl groups is 2. The van der Waals surface area contributed by atoms with Crippen LogP contribution in [-0.4, -0.2) is 40.3 Å². The van der Waals surface area contributed by atoms with E-state index in [-0.39, 0.29) is 6.29 Å². The summed E-state index contributed by atoms with van der Waals surface area (Å²) in [7, 11) is 0. The number of carboxylic acids is 1. The van der Waals surface area contributed by atoms with Crippen LogP contribution < -0.4 is 0 Å². The normalized spacial score (nSPS) is 11.8. The first-order chi connectivity index (χ1) is 12.6. The van der Waals surface area contributed by atoms with Gasteiger partial charge in [0.15, 0.2) is 6.29 Å². The molecule has 154 valence electrons. The third-order valence-electron chi connectivity index (χ3n) is 4.00. The zero-order chi connectivity index (χ0) is 19.9. The topological polar surface area (TPSA) is 94.8 Å². The molecule has 0 aromatic heterocycles. The number of carbonyl (C=O) groups excluding carboxylic acids is 1. The maximum atomic E-state index is 10.3. The van der Waals surface area contributed by atoms with E-state index in [9.17, 15) is 9.59 Å². The number of carbonyl (C=O) groups is 2. The molecule has 0 radical (unpaired) electrons. The van der Waals surface area contributed by atoms with E-state index < -0.39 is 18.7 Å². The summed E-state index contributed by atoms with van der Waals surface area (Å²) >= 11 is 0. The lowest BCUT2D eigenvalue weighted by Crippen LogP contribution is -2.12. The van der Waals surface area contributed by atoms with E-state index in [1.165, 1.54) is 70.6 Å². The highest BCUT2D eigenvalue weighted by molar-refractivity contribution is 5.66. The maximum Gasteiger partial charge on any atom is 0.303 e. The van der Waals surface area contributed by atoms with Crippen LogP contribution >= 0.6 is 0 Å². The number of hydrogen-bond donors (Lipinski definition) is 3. The van der Waals surface area contributed by atoms with E-state index in [4.69, 9.17) is 15.3 Å². The van der Waals surface area contributed by atoms with Crippen molar-refractivity contribution in [2.24, 2.45) is 0 Å². The summed E-state index contributed by atoms with van der Waals surface area (Å²) in [6.45, 7) is 1.78. The van der Waals surface area contributed by atoms with E-state index in [1.54, 1.807) is 0 Å². The molecule has 0 aliphatic carbocycles. The van der Waals surface area contributed by atoms with Crippen LogP contribution in [0.25, 0.3) is 0 Å². The first kappa shape index (κ1) is 27.0. The predicted octanol–water partition coefficient (Wildman–Crippen LogP) is 4.65. The van der Waals surface area contributed by atoms with E-state index in [0.29, 0.717) is 6.42 Å². The highest BCUT2D eigenvalue weighted by Gasteiger charge is 1.96. The van der Waals surface area contributed by atoms with Crippen LogP contribution in [0.5, 0.6) is 0 Å². The van der Waals surface area contributed by atoms with E-state index >= 15 is 0 Å².